The second-order valence-electron chi connectivity index (χ2n) is 7.54. The highest BCUT2D eigenvalue weighted by Gasteiger charge is 2.31. The summed E-state index contributed by atoms with van der Waals surface area (Å²) in [5.41, 5.74) is 8.21. The third kappa shape index (κ3) is 7.23. The summed E-state index contributed by atoms with van der Waals surface area (Å²) in [6.07, 6.45) is 2.91. The monoisotopic (exact) mass is 315 g/mol. The molecule has 0 saturated carbocycles. The van der Waals surface area contributed by atoms with Gasteiger partial charge in [0.1, 0.15) is 0 Å². The minimum atomic E-state index is -0.0833. The standard InChI is InChI=1S/C20H33N3/c1-14(2)11-10-12-15(3)13-16(4)18(20(6,7)8)17(5)23(9)19(21)22/h13-14,18H,4-5,11H2,1-3,6-9H3,(H3,21,22)/b15-13+. The molecule has 0 amide bonds. The van der Waals surface area contributed by atoms with E-state index in [0.717, 1.165) is 23.3 Å². The summed E-state index contributed by atoms with van der Waals surface area (Å²) in [7, 11) is 1.76. The van der Waals surface area contributed by atoms with Gasteiger partial charge in [-0.15, -0.1) is 0 Å². The highest BCUT2D eigenvalue weighted by molar-refractivity contribution is 5.76. The molecular formula is C20H33N3. The molecule has 1 unspecified atom stereocenters. The van der Waals surface area contributed by atoms with Gasteiger partial charge in [-0.2, -0.15) is 0 Å². The fourth-order valence-corrected chi connectivity index (χ4v) is 2.41. The first-order valence-corrected chi connectivity index (χ1v) is 8.00. The normalized spacial score (nSPS) is 13.1. The maximum atomic E-state index is 7.62. The molecule has 0 aliphatic heterocycles. The van der Waals surface area contributed by atoms with Gasteiger partial charge in [0, 0.05) is 25.1 Å². The van der Waals surface area contributed by atoms with Gasteiger partial charge in [-0.1, -0.05) is 59.6 Å². The SMILES string of the molecule is C=C(/C=C(\C)C#CCC(C)C)C(C(=C)N(C)C(=N)N)C(C)(C)C. The number of allylic oxidation sites excluding steroid dienone is 3. The number of hydrogen-bond donors (Lipinski definition) is 2. The third-order valence-corrected chi connectivity index (χ3v) is 3.56. The summed E-state index contributed by atoms with van der Waals surface area (Å²) in [5, 5.41) is 7.62. The minimum Gasteiger partial charge on any atom is -0.370 e. The highest BCUT2D eigenvalue weighted by atomic mass is 15.2. The molecular weight excluding hydrogens is 282 g/mol. The predicted octanol–water partition coefficient (Wildman–Crippen LogP) is 4.54. The quantitative estimate of drug-likeness (QED) is 0.339. The van der Waals surface area contributed by atoms with E-state index < -0.39 is 0 Å². The van der Waals surface area contributed by atoms with Gasteiger partial charge in [-0.25, -0.2) is 0 Å². The van der Waals surface area contributed by atoms with Crippen LogP contribution < -0.4 is 5.73 Å². The van der Waals surface area contributed by atoms with Crippen molar-refractivity contribution in [3.05, 3.63) is 36.1 Å². The van der Waals surface area contributed by atoms with Crippen LogP contribution in [0.4, 0.5) is 0 Å². The van der Waals surface area contributed by atoms with Crippen molar-refractivity contribution in [1.29, 1.82) is 5.41 Å². The van der Waals surface area contributed by atoms with Gasteiger partial charge in [0.2, 0.25) is 0 Å². The highest BCUT2D eigenvalue weighted by Crippen LogP contribution is 2.38. The molecule has 0 saturated heterocycles. The second kappa shape index (κ2) is 8.62. The molecule has 0 aromatic heterocycles. The molecule has 0 aromatic carbocycles. The summed E-state index contributed by atoms with van der Waals surface area (Å²) in [4.78, 5) is 1.61. The molecule has 0 bridgehead atoms. The predicted molar refractivity (Wildman–Crippen MR) is 102 cm³/mol. The van der Waals surface area contributed by atoms with E-state index in [4.69, 9.17) is 11.1 Å². The fraction of sp³-hybridized carbons (Fsp3) is 0.550. The van der Waals surface area contributed by atoms with E-state index in [1.165, 1.54) is 0 Å². The summed E-state index contributed by atoms with van der Waals surface area (Å²) >= 11 is 0. The first kappa shape index (κ1) is 21.0. The summed E-state index contributed by atoms with van der Waals surface area (Å²) in [6, 6.07) is 0. The third-order valence-electron chi connectivity index (χ3n) is 3.56. The number of rotatable bonds is 5. The van der Waals surface area contributed by atoms with Crippen LogP contribution in [0.3, 0.4) is 0 Å². The zero-order valence-electron chi connectivity index (χ0n) is 15.9. The first-order chi connectivity index (χ1) is 10.4. The molecule has 23 heavy (non-hydrogen) atoms. The molecule has 0 spiro atoms. The Morgan fingerprint density at radius 3 is 2.22 bits per heavy atom. The maximum Gasteiger partial charge on any atom is 0.192 e. The number of hydrogen-bond acceptors (Lipinski definition) is 1. The van der Waals surface area contributed by atoms with Crippen LogP contribution in [-0.4, -0.2) is 17.9 Å². The maximum absolute atomic E-state index is 7.62. The zero-order valence-corrected chi connectivity index (χ0v) is 15.9. The summed E-state index contributed by atoms with van der Waals surface area (Å²) in [6.45, 7) is 21.1. The second-order valence-corrected chi connectivity index (χ2v) is 7.54. The van der Waals surface area contributed by atoms with Gasteiger partial charge in [-0.3, -0.25) is 5.41 Å². The number of nitrogens with two attached hydrogens (primary N) is 1. The Morgan fingerprint density at radius 1 is 1.30 bits per heavy atom. The van der Waals surface area contributed by atoms with Crippen molar-refractivity contribution >= 4 is 5.96 Å². The molecule has 0 radical (unpaired) electrons. The van der Waals surface area contributed by atoms with Crippen molar-refractivity contribution in [2.75, 3.05) is 7.05 Å². The van der Waals surface area contributed by atoms with Crippen LogP contribution in [0.25, 0.3) is 0 Å². The lowest BCUT2D eigenvalue weighted by atomic mass is 9.74. The van der Waals surface area contributed by atoms with Crippen molar-refractivity contribution in [3.63, 3.8) is 0 Å². The van der Waals surface area contributed by atoms with Gasteiger partial charge >= 0.3 is 0 Å². The Balaban J connectivity index is 5.43. The molecule has 0 rings (SSSR count). The Morgan fingerprint density at radius 2 is 1.83 bits per heavy atom. The first-order valence-electron chi connectivity index (χ1n) is 8.00. The average Bonchev–Trinajstić information content (AvgIpc) is 2.35. The number of guanidine groups is 1. The lowest BCUT2D eigenvalue weighted by molar-refractivity contribution is 0.290. The van der Waals surface area contributed by atoms with Gasteiger partial charge in [0.05, 0.1) is 0 Å². The topological polar surface area (TPSA) is 53.1 Å². The zero-order chi connectivity index (χ0) is 18.4. The molecule has 1 atom stereocenters. The van der Waals surface area contributed by atoms with Crippen molar-refractivity contribution in [1.82, 2.24) is 4.90 Å². The van der Waals surface area contributed by atoms with Crippen LogP contribution >= 0.6 is 0 Å². The van der Waals surface area contributed by atoms with Crippen LogP contribution in [0.2, 0.25) is 0 Å². The molecule has 0 aromatic rings. The van der Waals surface area contributed by atoms with Crippen LogP contribution in [0.5, 0.6) is 0 Å². The van der Waals surface area contributed by atoms with Gasteiger partial charge in [0.15, 0.2) is 5.96 Å². The van der Waals surface area contributed by atoms with E-state index in [-0.39, 0.29) is 17.3 Å². The van der Waals surface area contributed by atoms with Crippen LogP contribution in [-0.2, 0) is 0 Å². The van der Waals surface area contributed by atoms with Gasteiger partial charge < -0.3 is 10.6 Å². The van der Waals surface area contributed by atoms with E-state index in [0.29, 0.717) is 5.92 Å². The van der Waals surface area contributed by atoms with Crippen LogP contribution in [0.15, 0.2) is 36.1 Å². The smallest absolute Gasteiger partial charge is 0.192 e. The van der Waals surface area contributed by atoms with E-state index in [9.17, 15) is 0 Å². The fourth-order valence-electron chi connectivity index (χ4n) is 2.41. The lowest BCUT2D eigenvalue weighted by Gasteiger charge is -2.36. The molecule has 0 aliphatic carbocycles. The average molecular weight is 316 g/mol. The molecule has 3 heteroatoms. The van der Waals surface area contributed by atoms with E-state index in [1.54, 1.807) is 11.9 Å². The number of nitrogens with zero attached hydrogens (tertiary/aromatic N) is 1. The minimum absolute atomic E-state index is 0.0155. The Labute approximate surface area is 142 Å². The molecule has 0 fully saturated rings. The Kier molecular flexibility index (Phi) is 7.89. The Bertz CT molecular complexity index is 548. The summed E-state index contributed by atoms with van der Waals surface area (Å²) in [5.74, 6) is 6.91. The van der Waals surface area contributed by atoms with Crippen molar-refractivity contribution < 1.29 is 0 Å². The van der Waals surface area contributed by atoms with E-state index in [2.05, 4.69) is 59.6 Å². The van der Waals surface area contributed by atoms with Gasteiger partial charge in [0.25, 0.3) is 0 Å². The number of nitrogens with one attached hydrogen (secondary N) is 1. The van der Waals surface area contributed by atoms with Crippen molar-refractivity contribution in [2.45, 2.75) is 48.0 Å². The molecule has 3 nitrogen and oxygen atoms in total. The molecule has 0 heterocycles. The largest absolute Gasteiger partial charge is 0.370 e. The molecule has 128 valence electrons. The Hall–Kier alpha value is -1.95. The molecule has 3 N–H and O–H groups in total. The van der Waals surface area contributed by atoms with Crippen LogP contribution in [0, 0.1) is 34.5 Å². The summed E-state index contributed by atoms with van der Waals surface area (Å²) < 4.78 is 0. The van der Waals surface area contributed by atoms with Crippen molar-refractivity contribution in [2.24, 2.45) is 23.0 Å². The van der Waals surface area contributed by atoms with E-state index in [1.807, 2.05) is 13.0 Å². The van der Waals surface area contributed by atoms with Gasteiger partial charge in [-0.05, 0) is 35.5 Å². The van der Waals surface area contributed by atoms with Crippen molar-refractivity contribution in [3.8, 4) is 11.8 Å². The van der Waals surface area contributed by atoms with Crippen LogP contribution in [0.1, 0.15) is 48.0 Å². The molecule has 0 aliphatic rings. The lowest BCUT2D eigenvalue weighted by Crippen LogP contribution is -2.38. The van der Waals surface area contributed by atoms with E-state index >= 15 is 0 Å².